The van der Waals surface area contributed by atoms with Crippen molar-refractivity contribution in [2.45, 2.75) is 25.4 Å². The van der Waals surface area contributed by atoms with Gasteiger partial charge in [-0.2, -0.15) is 13.2 Å². The molecule has 1 saturated heterocycles. The topological polar surface area (TPSA) is 68.7 Å². The van der Waals surface area contributed by atoms with Gasteiger partial charge in [0, 0.05) is 31.3 Å². The second kappa shape index (κ2) is 8.56. The molecule has 1 fully saturated rings. The number of likely N-dealkylation sites (tertiary alicyclic amines) is 1. The summed E-state index contributed by atoms with van der Waals surface area (Å²) in [4.78, 5) is 30.2. The van der Waals surface area contributed by atoms with Gasteiger partial charge in [-0.3, -0.25) is 9.59 Å². The third-order valence-corrected chi connectivity index (χ3v) is 5.50. The van der Waals surface area contributed by atoms with E-state index in [0.29, 0.717) is 42.9 Å². The lowest BCUT2D eigenvalue weighted by atomic mass is 9.97. The highest BCUT2D eigenvalue weighted by Gasteiger charge is 2.34. The van der Waals surface area contributed by atoms with Crippen LogP contribution in [0.25, 0.3) is 0 Å². The van der Waals surface area contributed by atoms with Crippen molar-refractivity contribution in [2.75, 3.05) is 26.3 Å². The molecule has 0 unspecified atom stereocenters. The average molecular weight is 434 g/mol. The van der Waals surface area contributed by atoms with Gasteiger partial charge in [0.2, 0.25) is 5.88 Å². The molecule has 2 aliphatic rings. The zero-order chi connectivity index (χ0) is 22.0. The number of nitrogens with zero attached hydrogens (tertiary/aromatic N) is 2. The lowest BCUT2D eigenvalue weighted by Crippen LogP contribution is -2.40. The van der Waals surface area contributed by atoms with Crippen LogP contribution in [-0.2, 0) is 17.4 Å². The Kier molecular flexibility index (Phi) is 5.84. The molecule has 4 rings (SSSR count). The number of alkyl halides is 3. The van der Waals surface area contributed by atoms with E-state index in [2.05, 4.69) is 4.98 Å². The Hall–Kier alpha value is -3.10. The van der Waals surface area contributed by atoms with Gasteiger partial charge in [0.1, 0.15) is 12.4 Å². The molecule has 0 aliphatic carbocycles. The van der Waals surface area contributed by atoms with Crippen molar-refractivity contribution in [3.63, 3.8) is 0 Å². The largest absolute Gasteiger partial charge is 0.493 e. The van der Waals surface area contributed by atoms with Crippen molar-refractivity contribution < 1.29 is 32.2 Å². The maximum absolute atomic E-state index is 13.1. The van der Waals surface area contributed by atoms with Crippen LogP contribution in [0.2, 0.25) is 0 Å². The summed E-state index contributed by atoms with van der Waals surface area (Å²) in [6, 6.07) is 6.81. The minimum Gasteiger partial charge on any atom is -0.493 e. The van der Waals surface area contributed by atoms with Crippen LogP contribution in [0.15, 0.2) is 36.5 Å². The second-order valence-electron chi connectivity index (χ2n) is 7.73. The standard InChI is InChI=1S/C22H21F3N2O4/c23-22(24,25)18-3-1-2-4-19(18)30-12-14-5-7-27(8-6-14)21(29)16-9-15-10-17(28)13-31-20(15)26-11-16/h1-4,9,11,14H,5-8,10,12-13H2. The number of fused-ring (bicyclic) bond motifs is 1. The first-order valence-electron chi connectivity index (χ1n) is 10.0. The molecule has 0 bridgehead atoms. The highest BCUT2D eigenvalue weighted by molar-refractivity contribution is 5.95. The van der Waals surface area contributed by atoms with Crippen molar-refractivity contribution in [3.05, 3.63) is 53.2 Å². The summed E-state index contributed by atoms with van der Waals surface area (Å²) < 4.78 is 50.0. The molecule has 3 heterocycles. The molecule has 31 heavy (non-hydrogen) atoms. The van der Waals surface area contributed by atoms with Crippen LogP contribution < -0.4 is 9.47 Å². The van der Waals surface area contributed by atoms with E-state index < -0.39 is 11.7 Å². The maximum atomic E-state index is 13.1. The van der Waals surface area contributed by atoms with Gasteiger partial charge in [-0.25, -0.2) is 4.98 Å². The highest BCUT2D eigenvalue weighted by atomic mass is 19.4. The van der Waals surface area contributed by atoms with Gasteiger partial charge in [0.25, 0.3) is 5.91 Å². The Balaban J connectivity index is 1.33. The molecule has 0 N–H and O–H groups in total. The van der Waals surface area contributed by atoms with Crippen molar-refractivity contribution >= 4 is 11.7 Å². The number of amides is 1. The van der Waals surface area contributed by atoms with Crippen LogP contribution in [0.3, 0.4) is 0 Å². The summed E-state index contributed by atoms with van der Waals surface area (Å²) in [7, 11) is 0. The zero-order valence-corrected chi connectivity index (χ0v) is 16.7. The van der Waals surface area contributed by atoms with E-state index >= 15 is 0 Å². The van der Waals surface area contributed by atoms with Gasteiger partial charge in [0.15, 0.2) is 5.78 Å². The van der Waals surface area contributed by atoms with Gasteiger partial charge in [-0.1, -0.05) is 12.1 Å². The second-order valence-corrected chi connectivity index (χ2v) is 7.73. The third-order valence-electron chi connectivity index (χ3n) is 5.50. The molecule has 1 aromatic carbocycles. The Labute approximate surface area is 177 Å². The molecular formula is C22H21F3N2O4. The van der Waals surface area contributed by atoms with E-state index in [9.17, 15) is 22.8 Å². The normalized spacial score (nSPS) is 17.1. The van der Waals surface area contributed by atoms with Crippen LogP contribution in [0.5, 0.6) is 11.6 Å². The number of pyridine rings is 1. The number of hydrogen-bond donors (Lipinski definition) is 0. The minimum absolute atomic E-state index is 0.00365. The number of carbonyl (C=O) groups is 2. The first-order chi connectivity index (χ1) is 14.8. The predicted octanol–water partition coefficient (Wildman–Crippen LogP) is 3.54. The quantitative estimate of drug-likeness (QED) is 0.737. The van der Waals surface area contributed by atoms with E-state index in [-0.39, 0.29) is 43.0 Å². The summed E-state index contributed by atoms with van der Waals surface area (Å²) in [6.07, 6.45) is -1.58. The van der Waals surface area contributed by atoms with E-state index in [1.807, 2.05) is 0 Å². The fourth-order valence-corrected chi connectivity index (χ4v) is 3.80. The number of carbonyl (C=O) groups excluding carboxylic acids is 2. The molecule has 1 amide bonds. The Morgan fingerprint density at radius 2 is 1.97 bits per heavy atom. The number of ketones is 1. The van der Waals surface area contributed by atoms with E-state index in [1.54, 1.807) is 11.0 Å². The fraction of sp³-hybridized carbons (Fsp3) is 0.409. The molecule has 2 aromatic rings. The highest BCUT2D eigenvalue weighted by Crippen LogP contribution is 2.36. The number of para-hydroxylation sites is 1. The van der Waals surface area contributed by atoms with Gasteiger partial charge >= 0.3 is 6.18 Å². The van der Waals surface area contributed by atoms with Crippen molar-refractivity contribution in [3.8, 4) is 11.6 Å². The number of benzene rings is 1. The number of piperidine rings is 1. The fourth-order valence-electron chi connectivity index (χ4n) is 3.80. The van der Waals surface area contributed by atoms with Crippen LogP contribution in [0.4, 0.5) is 13.2 Å². The van der Waals surface area contributed by atoms with E-state index in [1.165, 1.54) is 24.4 Å². The monoisotopic (exact) mass is 434 g/mol. The Morgan fingerprint density at radius 3 is 2.71 bits per heavy atom. The predicted molar refractivity (Wildman–Crippen MR) is 104 cm³/mol. The van der Waals surface area contributed by atoms with Gasteiger partial charge < -0.3 is 14.4 Å². The average Bonchev–Trinajstić information content (AvgIpc) is 2.76. The van der Waals surface area contributed by atoms with Gasteiger partial charge in [0.05, 0.1) is 17.7 Å². The summed E-state index contributed by atoms with van der Waals surface area (Å²) in [6.45, 7) is 1.10. The van der Waals surface area contributed by atoms with Crippen LogP contribution in [0, 0.1) is 5.92 Å². The van der Waals surface area contributed by atoms with Crippen molar-refractivity contribution in [2.24, 2.45) is 5.92 Å². The number of hydrogen-bond acceptors (Lipinski definition) is 5. The van der Waals surface area contributed by atoms with Crippen molar-refractivity contribution in [1.29, 1.82) is 0 Å². The summed E-state index contributed by atoms with van der Waals surface area (Å²) in [5.41, 5.74) is 0.213. The minimum atomic E-state index is -4.47. The number of ether oxygens (including phenoxy) is 2. The molecule has 0 radical (unpaired) electrons. The van der Waals surface area contributed by atoms with E-state index in [4.69, 9.17) is 9.47 Å². The van der Waals surface area contributed by atoms with E-state index in [0.717, 1.165) is 6.07 Å². The number of aromatic nitrogens is 1. The molecule has 0 saturated carbocycles. The number of halogens is 3. The molecule has 0 spiro atoms. The lowest BCUT2D eigenvalue weighted by molar-refractivity contribution is -0.139. The summed E-state index contributed by atoms with van der Waals surface area (Å²) in [5, 5.41) is 0. The molecule has 2 aliphatic heterocycles. The molecule has 6 nitrogen and oxygen atoms in total. The maximum Gasteiger partial charge on any atom is 0.419 e. The van der Waals surface area contributed by atoms with Crippen LogP contribution in [-0.4, -0.2) is 47.9 Å². The molecule has 1 aromatic heterocycles. The number of Topliss-reactive ketones (excluding diaryl/α,β-unsaturated/α-hetero) is 1. The number of rotatable bonds is 4. The summed E-state index contributed by atoms with van der Waals surface area (Å²) in [5.74, 6) is 0.0106. The van der Waals surface area contributed by atoms with Gasteiger partial charge in [-0.05, 0) is 37.0 Å². The SMILES string of the molecule is O=C1COc2ncc(C(=O)N3CCC(COc4ccccc4C(F)(F)F)CC3)cc2C1. The molecule has 0 atom stereocenters. The van der Waals surface area contributed by atoms with Crippen molar-refractivity contribution in [1.82, 2.24) is 9.88 Å². The Bertz CT molecular complexity index is 985. The molecular weight excluding hydrogens is 413 g/mol. The first-order valence-corrected chi connectivity index (χ1v) is 10.0. The third kappa shape index (κ3) is 4.81. The zero-order valence-electron chi connectivity index (χ0n) is 16.7. The lowest BCUT2D eigenvalue weighted by Gasteiger charge is -2.32. The molecule has 9 heteroatoms. The Morgan fingerprint density at radius 1 is 1.23 bits per heavy atom. The summed E-state index contributed by atoms with van der Waals surface area (Å²) >= 11 is 0. The van der Waals surface area contributed by atoms with Crippen LogP contribution >= 0.6 is 0 Å². The smallest absolute Gasteiger partial charge is 0.419 e. The van der Waals surface area contributed by atoms with Gasteiger partial charge in [-0.15, -0.1) is 0 Å². The van der Waals surface area contributed by atoms with Crippen LogP contribution in [0.1, 0.15) is 34.3 Å². The first kappa shape index (κ1) is 21.1. The molecule has 164 valence electrons.